The van der Waals surface area contributed by atoms with Crippen molar-refractivity contribution in [1.82, 2.24) is 10.2 Å². The van der Waals surface area contributed by atoms with E-state index in [1.807, 2.05) is 51.1 Å². The Balaban J connectivity index is 1.89. The second-order valence-corrected chi connectivity index (χ2v) is 15.1. The fourth-order valence-electron chi connectivity index (χ4n) is 5.05. The number of hydrogen-bond acceptors (Lipinski definition) is 5. The molecule has 0 fully saturated rings. The zero-order chi connectivity index (χ0) is 35.1. The van der Waals surface area contributed by atoms with Crippen LogP contribution in [0.2, 0.25) is 15.1 Å². The third-order valence-electron chi connectivity index (χ3n) is 7.27. The highest BCUT2D eigenvalue weighted by atomic mass is 35.5. The lowest BCUT2D eigenvalue weighted by molar-refractivity contribution is -0.140. The molecule has 2 amide bonds. The van der Waals surface area contributed by atoms with E-state index in [0.29, 0.717) is 20.6 Å². The summed E-state index contributed by atoms with van der Waals surface area (Å²) in [7, 11) is -4.37. The molecular weight excluding hydrogens is 693 g/mol. The van der Waals surface area contributed by atoms with Crippen LogP contribution in [0.15, 0.2) is 102 Å². The van der Waals surface area contributed by atoms with Gasteiger partial charge in [0.25, 0.3) is 10.0 Å². The predicted octanol–water partition coefficient (Wildman–Crippen LogP) is 7.80. The molecular formula is C36H38Cl3N3O5S. The molecule has 12 heteroatoms. The number of nitrogens with one attached hydrogen (secondary N) is 1. The molecule has 0 heterocycles. The summed E-state index contributed by atoms with van der Waals surface area (Å²) in [5.74, 6) is -0.832. The highest BCUT2D eigenvalue weighted by Gasteiger charge is 2.37. The molecule has 1 unspecified atom stereocenters. The van der Waals surface area contributed by atoms with Crippen LogP contribution in [-0.4, -0.2) is 49.9 Å². The largest absolute Gasteiger partial charge is 0.492 e. The topological polar surface area (TPSA) is 96.0 Å². The van der Waals surface area contributed by atoms with Gasteiger partial charge in [0.15, 0.2) is 0 Å². The molecule has 0 aliphatic carbocycles. The van der Waals surface area contributed by atoms with Gasteiger partial charge in [0.2, 0.25) is 11.8 Å². The molecule has 1 N–H and O–H groups in total. The number of amides is 2. The Morgan fingerprint density at radius 2 is 1.44 bits per heavy atom. The summed E-state index contributed by atoms with van der Waals surface area (Å²) in [6.07, 6.45) is 0.135. The maximum absolute atomic E-state index is 14.7. The van der Waals surface area contributed by atoms with E-state index in [0.717, 1.165) is 9.87 Å². The van der Waals surface area contributed by atoms with Gasteiger partial charge in [-0.05, 0) is 81.8 Å². The molecule has 0 spiro atoms. The first kappa shape index (κ1) is 37.1. The van der Waals surface area contributed by atoms with Crippen LogP contribution in [0.3, 0.4) is 0 Å². The number of sulfonamides is 1. The minimum atomic E-state index is -4.37. The summed E-state index contributed by atoms with van der Waals surface area (Å²) in [4.78, 5) is 30.1. The monoisotopic (exact) mass is 729 g/mol. The molecule has 254 valence electrons. The first-order valence-electron chi connectivity index (χ1n) is 15.3. The Hall–Kier alpha value is -3.76. The molecule has 0 saturated heterocycles. The van der Waals surface area contributed by atoms with E-state index >= 15 is 0 Å². The van der Waals surface area contributed by atoms with Gasteiger partial charge >= 0.3 is 0 Å². The third-order valence-corrected chi connectivity index (χ3v) is 10.0. The van der Waals surface area contributed by atoms with Crippen molar-refractivity contribution in [2.75, 3.05) is 17.5 Å². The minimum Gasteiger partial charge on any atom is -0.492 e. The van der Waals surface area contributed by atoms with Gasteiger partial charge in [-0.15, -0.1) is 0 Å². The Bertz CT molecular complexity index is 1810. The van der Waals surface area contributed by atoms with Crippen molar-refractivity contribution in [2.45, 2.75) is 57.1 Å². The van der Waals surface area contributed by atoms with Gasteiger partial charge < -0.3 is 15.0 Å². The third kappa shape index (κ3) is 9.44. The summed E-state index contributed by atoms with van der Waals surface area (Å²) in [5.41, 5.74) is 0.722. The summed E-state index contributed by atoms with van der Waals surface area (Å²) in [5, 5.41) is 3.94. The molecule has 48 heavy (non-hydrogen) atoms. The number of carbonyl (C=O) groups excluding carboxylic acids is 2. The van der Waals surface area contributed by atoms with E-state index in [2.05, 4.69) is 5.32 Å². The Morgan fingerprint density at radius 1 is 0.833 bits per heavy atom. The summed E-state index contributed by atoms with van der Waals surface area (Å²) < 4.78 is 35.5. The molecule has 0 radical (unpaired) electrons. The van der Waals surface area contributed by atoms with E-state index in [1.165, 1.54) is 29.2 Å². The number of hydrogen-bond donors (Lipinski definition) is 1. The van der Waals surface area contributed by atoms with Gasteiger partial charge in [0.1, 0.15) is 18.3 Å². The lowest BCUT2D eigenvalue weighted by Crippen LogP contribution is -2.56. The smallest absolute Gasteiger partial charge is 0.264 e. The second kappa shape index (κ2) is 16.1. The van der Waals surface area contributed by atoms with Crippen LogP contribution >= 0.6 is 34.8 Å². The van der Waals surface area contributed by atoms with Crippen molar-refractivity contribution >= 4 is 62.3 Å². The molecule has 0 aliphatic rings. The van der Waals surface area contributed by atoms with Crippen LogP contribution in [0.4, 0.5) is 5.69 Å². The maximum atomic E-state index is 14.7. The van der Waals surface area contributed by atoms with Gasteiger partial charge in [-0.2, -0.15) is 0 Å². The van der Waals surface area contributed by atoms with Crippen molar-refractivity contribution in [2.24, 2.45) is 0 Å². The number of benzene rings is 4. The Morgan fingerprint density at radius 3 is 2.04 bits per heavy atom. The number of halogens is 3. The fourth-order valence-corrected chi connectivity index (χ4v) is 7.12. The number of para-hydroxylation sites is 2. The quantitative estimate of drug-likeness (QED) is 0.152. The normalized spacial score (nSPS) is 12.2. The summed E-state index contributed by atoms with van der Waals surface area (Å²) in [6, 6.07) is 25.4. The predicted molar refractivity (Wildman–Crippen MR) is 192 cm³/mol. The van der Waals surface area contributed by atoms with Crippen LogP contribution in [0, 0.1) is 0 Å². The zero-order valence-corrected chi connectivity index (χ0v) is 30.2. The van der Waals surface area contributed by atoms with E-state index < -0.39 is 40.0 Å². The van der Waals surface area contributed by atoms with Crippen LogP contribution in [0.25, 0.3) is 0 Å². The zero-order valence-electron chi connectivity index (χ0n) is 27.1. The molecule has 0 aromatic heterocycles. The molecule has 0 bridgehead atoms. The summed E-state index contributed by atoms with van der Waals surface area (Å²) >= 11 is 19.3. The Kier molecular flexibility index (Phi) is 12.4. The first-order chi connectivity index (χ1) is 22.7. The van der Waals surface area contributed by atoms with Gasteiger partial charge in [0, 0.05) is 39.1 Å². The van der Waals surface area contributed by atoms with Gasteiger partial charge in [-0.25, -0.2) is 8.42 Å². The van der Waals surface area contributed by atoms with Crippen molar-refractivity contribution in [3.05, 3.63) is 123 Å². The second-order valence-electron chi connectivity index (χ2n) is 12.0. The molecule has 4 rings (SSSR count). The molecule has 8 nitrogen and oxygen atoms in total. The standard InChI is InChI=1S/C36H38Cl3N3O5S/c1-5-47-33-17-10-9-16-31(33)42(48(45,46)27-20-18-26(37)19-21-27)24-34(43)41(23-28-29(38)14-11-15-30(28)39)32(35(44)40-36(2,3)4)22-25-12-7-6-8-13-25/h6-21,32H,5,22-24H2,1-4H3,(H,40,44). The summed E-state index contributed by atoms with van der Waals surface area (Å²) in [6.45, 7) is 6.70. The molecule has 0 saturated carbocycles. The number of nitrogens with zero attached hydrogens (tertiary/aromatic N) is 2. The first-order valence-corrected chi connectivity index (χ1v) is 17.9. The van der Waals surface area contributed by atoms with E-state index in [-0.39, 0.29) is 35.9 Å². The van der Waals surface area contributed by atoms with Crippen molar-refractivity contribution in [3.63, 3.8) is 0 Å². The van der Waals surface area contributed by atoms with Crippen molar-refractivity contribution < 1.29 is 22.7 Å². The van der Waals surface area contributed by atoms with Crippen LogP contribution in [-0.2, 0) is 32.6 Å². The molecule has 1 atom stereocenters. The van der Waals surface area contributed by atoms with Crippen LogP contribution in [0.1, 0.15) is 38.8 Å². The van der Waals surface area contributed by atoms with E-state index in [9.17, 15) is 18.0 Å². The van der Waals surface area contributed by atoms with E-state index in [4.69, 9.17) is 39.5 Å². The SMILES string of the molecule is CCOc1ccccc1N(CC(=O)N(Cc1c(Cl)cccc1Cl)C(Cc1ccccc1)C(=O)NC(C)(C)C)S(=O)(=O)c1ccc(Cl)cc1. The average molecular weight is 731 g/mol. The molecule has 4 aromatic rings. The van der Waals surface area contributed by atoms with E-state index in [1.54, 1.807) is 49.4 Å². The van der Waals surface area contributed by atoms with Crippen LogP contribution in [0.5, 0.6) is 5.75 Å². The molecule has 4 aromatic carbocycles. The minimum absolute atomic E-state index is 0.0852. The maximum Gasteiger partial charge on any atom is 0.264 e. The number of anilines is 1. The van der Waals surface area contributed by atoms with Gasteiger partial charge in [-0.3, -0.25) is 13.9 Å². The number of rotatable bonds is 13. The highest BCUT2D eigenvalue weighted by molar-refractivity contribution is 7.92. The lowest BCUT2D eigenvalue weighted by Gasteiger charge is -2.35. The van der Waals surface area contributed by atoms with Gasteiger partial charge in [0.05, 0.1) is 17.2 Å². The number of ether oxygens (including phenoxy) is 1. The Labute approximate surface area is 297 Å². The van der Waals surface area contributed by atoms with Crippen molar-refractivity contribution in [1.29, 1.82) is 0 Å². The lowest BCUT2D eigenvalue weighted by atomic mass is 10.0. The fraction of sp³-hybridized carbons (Fsp3) is 0.278. The van der Waals surface area contributed by atoms with Gasteiger partial charge in [-0.1, -0.05) is 83.3 Å². The highest BCUT2D eigenvalue weighted by Crippen LogP contribution is 2.34. The van der Waals surface area contributed by atoms with Crippen LogP contribution < -0.4 is 14.4 Å². The average Bonchev–Trinajstić information content (AvgIpc) is 3.03. The number of carbonyl (C=O) groups is 2. The molecule has 0 aliphatic heterocycles. The van der Waals surface area contributed by atoms with Crippen molar-refractivity contribution in [3.8, 4) is 5.75 Å².